The van der Waals surface area contributed by atoms with E-state index >= 15 is 0 Å². The smallest absolute Gasteiger partial charge is 0.0983 e. The zero-order chi connectivity index (χ0) is 14.8. The minimum Gasteiger partial charge on any atom is -0.393 e. The molecule has 3 heterocycles. The van der Waals surface area contributed by atoms with E-state index in [2.05, 4.69) is 21.2 Å². The number of aliphatic hydroxyl groups is 1. The van der Waals surface area contributed by atoms with E-state index in [9.17, 15) is 5.11 Å². The van der Waals surface area contributed by atoms with Gasteiger partial charge in [0.15, 0.2) is 0 Å². The molecular weight excluding hydrogens is 264 g/mol. The summed E-state index contributed by atoms with van der Waals surface area (Å²) in [5.74, 6) is 0.392. The number of aliphatic hydroxyl groups excluding tert-OH is 1. The van der Waals surface area contributed by atoms with Crippen LogP contribution in [0.5, 0.6) is 0 Å². The average Bonchev–Trinajstić information content (AvgIpc) is 3.07. The van der Waals surface area contributed by atoms with Gasteiger partial charge in [0.2, 0.25) is 0 Å². The zero-order valence-corrected chi connectivity index (χ0v) is 12.6. The minimum atomic E-state index is -0.221. The van der Waals surface area contributed by atoms with Crippen LogP contribution in [0.3, 0.4) is 0 Å². The molecule has 3 rings (SSSR count). The van der Waals surface area contributed by atoms with Gasteiger partial charge in [-0.2, -0.15) is 5.10 Å². The van der Waals surface area contributed by atoms with Gasteiger partial charge in [-0.1, -0.05) is 0 Å². The summed E-state index contributed by atoms with van der Waals surface area (Å²) < 4.78 is 1.86. The Morgan fingerprint density at radius 2 is 2.33 bits per heavy atom. The maximum atomic E-state index is 9.72. The Labute approximate surface area is 125 Å². The molecule has 2 aromatic rings. The Hall–Kier alpha value is -1.72. The summed E-state index contributed by atoms with van der Waals surface area (Å²) in [5.41, 5.74) is 3.28. The van der Waals surface area contributed by atoms with E-state index in [0.717, 1.165) is 37.3 Å². The molecule has 1 fully saturated rings. The molecule has 112 valence electrons. The van der Waals surface area contributed by atoms with Crippen LogP contribution >= 0.6 is 0 Å². The molecule has 2 atom stereocenters. The van der Waals surface area contributed by atoms with Gasteiger partial charge in [-0.25, -0.2) is 0 Å². The van der Waals surface area contributed by atoms with Crippen molar-refractivity contribution in [2.45, 2.75) is 26.0 Å². The highest BCUT2D eigenvalue weighted by atomic mass is 16.3. The molecular formula is C16H22N4O. The highest BCUT2D eigenvalue weighted by Crippen LogP contribution is 2.26. The number of aromatic nitrogens is 3. The Morgan fingerprint density at radius 3 is 3.00 bits per heavy atom. The van der Waals surface area contributed by atoms with E-state index in [1.165, 1.54) is 5.56 Å². The monoisotopic (exact) mass is 286 g/mol. The molecule has 1 saturated heterocycles. The lowest BCUT2D eigenvalue weighted by Crippen LogP contribution is -2.24. The molecule has 0 spiro atoms. The van der Waals surface area contributed by atoms with Crippen molar-refractivity contribution < 1.29 is 5.11 Å². The molecule has 1 aliphatic heterocycles. The highest BCUT2D eigenvalue weighted by Gasteiger charge is 2.26. The van der Waals surface area contributed by atoms with E-state index in [-0.39, 0.29) is 6.10 Å². The molecule has 0 radical (unpaired) electrons. The predicted molar refractivity (Wildman–Crippen MR) is 81.5 cm³/mol. The molecule has 0 aliphatic carbocycles. The number of likely N-dealkylation sites (tertiary alicyclic amines) is 1. The second-order valence-corrected chi connectivity index (χ2v) is 5.94. The SMILES string of the molecule is CC(O)C1CCN(Cc2cn(C)nc2-c2cccnc2)C1. The quantitative estimate of drug-likeness (QED) is 0.929. The summed E-state index contributed by atoms with van der Waals surface area (Å²) in [6.45, 7) is 4.76. The Morgan fingerprint density at radius 1 is 1.48 bits per heavy atom. The van der Waals surface area contributed by atoms with Crippen LogP contribution in [0.1, 0.15) is 18.9 Å². The molecule has 5 heteroatoms. The van der Waals surface area contributed by atoms with Crippen molar-refractivity contribution in [3.05, 3.63) is 36.3 Å². The van der Waals surface area contributed by atoms with Crippen LogP contribution in [0.2, 0.25) is 0 Å². The molecule has 1 N–H and O–H groups in total. The minimum absolute atomic E-state index is 0.221. The molecule has 0 saturated carbocycles. The van der Waals surface area contributed by atoms with E-state index in [4.69, 9.17) is 0 Å². The summed E-state index contributed by atoms with van der Waals surface area (Å²) in [4.78, 5) is 6.58. The van der Waals surface area contributed by atoms with E-state index < -0.39 is 0 Å². The molecule has 2 unspecified atom stereocenters. The second-order valence-electron chi connectivity index (χ2n) is 5.94. The number of nitrogens with zero attached hydrogens (tertiary/aromatic N) is 4. The van der Waals surface area contributed by atoms with Crippen molar-refractivity contribution in [2.75, 3.05) is 13.1 Å². The molecule has 0 bridgehead atoms. The normalized spacial score (nSPS) is 20.8. The van der Waals surface area contributed by atoms with E-state index in [1.54, 1.807) is 6.20 Å². The standard InChI is InChI=1S/C16H22N4O/c1-12(21)14-5-7-20(10-14)11-15-9-19(2)18-16(15)13-4-3-6-17-8-13/h3-4,6,8-9,12,14,21H,5,7,10-11H2,1-2H3. The molecule has 21 heavy (non-hydrogen) atoms. The second kappa shape index (κ2) is 5.95. The van der Waals surface area contributed by atoms with Gasteiger partial charge in [-0.05, 0) is 37.9 Å². The van der Waals surface area contributed by atoms with Crippen molar-refractivity contribution in [3.63, 3.8) is 0 Å². The van der Waals surface area contributed by atoms with Crippen LogP contribution in [-0.2, 0) is 13.6 Å². The van der Waals surface area contributed by atoms with Crippen molar-refractivity contribution >= 4 is 0 Å². The zero-order valence-electron chi connectivity index (χ0n) is 12.6. The topological polar surface area (TPSA) is 54.2 Å². The fraction of sp³-hybridized carbons (Fsp3) is 0.500. The Bertz CT molecular complexity index is 594. The van der Waals surface area contributed by atoms with Crippen molar-refractivity contribution in [1.29, 1.82) is 0 Å². The molecule has 0 amide bonds. The van der Waals surface area contributed by atoms with Crippen molar-refractivity contribution in [3.8, 4) is 11.3 Å². The van der Waals surface area contributed by atoms with Crippen LogP contribution in [0, 0.1) is 5.92 Å². The van der Waals surface area contributed by atoms with Gasteiger partial charge >= 0.3 is 0 Å². The van der Waals surface area contributed by atoms with Gasteiger partial charge in [-0.3, -0.25) is 14.6 Å². The van der Waals surface area contributed by atoms with Gasteiger partial charge in [-0.15, -0.1) is 0 Å². The van der Waals surface area contributed by atoms with Gasteiger partial charge in [0.05, 0.1) is 11.8 Å². The van der Waals surface area contributed by atoms with E-state index in [1.807, 2.05) is 37.0 Å². The molecule has 1 aliphatic rings. The van der Waals surface area contributed by atoms with Gasteiger partial charge in [0.1, 0.15) is 0 Å². The van der Waals surface area contributed by atoms with Crippen LogP contribution in [0.15, 0.2) is 30.7 Å². The first-order valence-electron chi connectivity index (χ1n) is 7.47. The Balaban J connectivity index is 1.78. The molecule has 5 nitrogen and oxygen atoms in total. The highest BCUT2D eigenvalue weighted by molar-refractivity contribution is 5.61. The first-order valence-corrected chi connectivity index (χ1v) is 7.47. The number of aryl methyl sites for hydroxylation is 1. The summed E-state index contributed by atoms with van der Waals surface area (Å²) in [5, 5.41) is 14.3. The number of hydrogen-bond donors (Lipinski definition) is 1. The lowest BCUT2D eigenvalue weighted by molar-refractivity contribution is 0.127. The third kappa shape index (κ3) is 3.14. The molecule has 2 aromatic heterocycles. The number of hydrogen-bond acceptors (Lipinski definition) is 4. The maximum absolute atomic E-state index is 9.72. The summed E-state index contributed by atoms with van der Waals surface area (Å²) in [6, 6.07) is 3.98. The summed E-state index contributed by atoms with van der Waals surface area (Å²) in [7, 11) is 1.95. The number of pyridine rings is 1. The first-order chi connectivity index (χ1) is 10.1. The van der Waals surface area contributed by atoms with E-state index in [0.29, 0.717) is 5.92 Å². The third-order valence-corrected chi connectivity index (χ3v) is 4.22. The van der Waals surface area contributed by atoms with Gasteiger partial charge < -0.3 is 5.11 Å². The average molecular weight is 286 g/mol. The van der Waals surface area contributed by atoms with Crippen LogP contribution in [0.25, 0.3) is 11.3 Å². The predicted octanol–water partition coefficient (Wildman–Crippen LogP) is 1.68. The summed E-state index contributed by atoms with van der Waals surface area (Å²) in [6.07, 6.45) is 6.56. The summed E-state index contributed by atoms with van der Waals surface area (Å²) >= 11 is 0. The largest absolute Gasteiger partial charge is 0.393 e. The maximum Gasteiger partial charge on any atom is 0.0983 e. The van der Waals surface area contributed by atoms with Gasteiger partial charge in [0.25, 0.3) is 0 Å². The van der Waals surface area contributed by atoms with Gasteiger partial charge in [0, 0.05) is 49.9 Å². The molecule has 0 aromatic carbocycles. The van der Waals surface area contributed by atoms with Crippen LogP contribution < -0.4 is 0 Å². The van der Waals surface area contributed by atoms with Crippen molar-refractivity contribution in [1.82, 2.24) is 19.7 Å². The Kier molecular flexibility index (Phi) is 4.03. The van der Waals surface area contributed by atoms with Crippen molar-refractivity contribution in [2.24, 2.45) is 13.0 Å². The van der Waals surface area contributed by atoms with Crippen LogP contribution in [0.4, 0.5) is 0 Å². The fourth-order valence-corrected chi connectivity index (χ4v) is 3.04. The lowest BCUT2D eigenvalue weighted by Gasteiger charge is -2.17. The fourth-order valence-electron chi connectivity index (χ4n) is 3.04. The first kappa shape index (κ1) is 14.2. The lowest BCUT2D eigenvalue weighted by atomic mass is 10.0. The number of rotatable bonds is 4. The van der Waals surface area contributed by atoms with Crippen LogP contribution in [-0.4, -0.2) is 44.0 Å². The third-order valence-electron chi connectivity index (χ3n) is 4.22.